The van der Waals surface area contributed by atoms with Crippen molar-refractivity contribution in [2.24, 2.45) is 0 Å². The second-order valence-electron chi connectivity index (χ2n) is 8.26. The number of anilines is 2. The monoisotopic (exact) mass is 434 g/mol. The molecule has 3 aromatic carbocycles. The van der Waals surface area contributed by atoms with Crippen molar-refractivity contribution in [3.8, 4) is 0 Å². The number of nitrogens with zero attached hydrogens (tertiary/aromatic N) is 1. The fraction of sp³-hybridized carbons (Fsp3) is 0.240. The van der Waals surface area contributed by atoms with Gasteiger partial charge in [-0.15, -0.1) is 0 Å². The molecule has 1 N–H and O–H groups in total. The van der Waals surface area contributed by atoms with Crippen LogP contribution < -0.4 is 9.62 Å². The third-order valence-electron chi connectivity index (χ3n) is 5.78. The van der Waals surface area contributed by atoms with Gasteiger partial charge in [-0.1, -0.05) is 42.0 Å². The Morgan fingerprint density at radius 3 is 2.45 bits per heavy atom. The van der Waals surface area contributed by atoms with Gasteiger partial charge in [0.05, 0.1) is 10.6 Å². The molecule has 3 aromatic rings. The summed E-state index contributed by atoms with van der Waals surface area (Å²) in [4.78, 5) is 15.2. The number of carbonyl (C=O) groups is 1. The van der Waals surface area contributed by atoms with Gasteiger partial charge in [-0.3, -0.25) is 9.52 Å². The molecule has 0 fully saturated rings. The van der Waals surface area contributed by atoms with Crippen molar-refractivity contribution in [3.05, 3.63) is 88.5 Å². The predicted octanol–water partition coefficient (Wildman–Crippen LogP) is 5.00. The lowest BCUT2D eigenvalue weighted by molar-refractivity contribution is 0.0981. The lowest BCUT2D eigenvalue weighted by Crippen LogP contribution is -2.35. The summed E-state index contributed by atoms with van der Waals surface area (Å²) in [6.07, 6.45) is 0.785. The first-order chi connectivity index (χ1) is 14.7. The summed E-state index contributed by atoms with van der Waals surface area (Å²) in [6, 6.07) is 18.3. The third-order valence-corrected chi connectivity index (χ3v) is 7.28. The smallest absolute Gasteiger partial charge is 0.262 e. The molecule has 0 bridgehead atoms. The van der Waals surface area contributed by atoms with Crippen LogP contribution in [0.5, 0.6) is 0 Å². The maximum Gasteiger partial charge on any atom is 0.262 e. The van der Waals surface area contributed by atoms with Crippen LogP contribution in [0.25, 0.3) is 0 Å². The van der Waals surface area contributed by atoms with Gasteiger partial charge in [-0.05, 0) is 75.1 Å². The Labute approximate surface area is 183 Å². The Morgan fingerprint density at radius 1 is 0.968 bits per heavy atom. The van der Waals surface area contributed by atoms with Crippen molar-refractivity contribution in [1.82, 2.24) is 0 Å². The van der Waals surface area contributed by atoms with Crippen molar-refractivity contribution in [2.45, 2.75) is 45.1 Å². The molecule has 0 radical (unpaired) electrons. The molecule has 31 heavy (non-hydrogen) atoms. The van der Waals surface area contributed by atoms with Crippen molar-refractivity contribution in [1.29, 1.82) is 0 Å². The van der Waals surface area contributed by atoms with Gasteiger partial charge in [0, 0.05) is 17.3 Å². The van der Waals surface area contributed by atoms with E-state index in [1.165, 1.54) is 6.07 Å². The van der Waals surface area contributed by atoms with Crippen LogP contribution in [0.4, 0.5) is 11.4 Å². The van der Waals surface area contributed by atoms with E-state index in [1.54, 1.807) is 30.0 Å². The minimum atomic E-state index is -3.85. The van der Waals surface area contributed by atoms with Gasteiger partial charge in [0.25, 0.3) is 15.9 Å². The average Bonchev–Trinajstić information content (AvgIpc) is 3.05. The highest BCUT2D eigenvalue weighted by molar-refractivity contribution is 7.92. The second-order valence-corrected chi connectivity index (χ2v) is 9.91. The second kappa shape index (κ2) is 7.85. The molecular weight excluding hydrogens is 408 g/mol. The molecule has 0 aliphatic carbocycles. The number of rotatable bonds is 4. The Kier molecular flexibility index (Phi) is 5.35. The van der Waals surface area contributed by atoms with Crippen LogP contribution in [0.2, 0.25) is 0 Å². The fourth-order valence-electron chi connectivity index (χ4n) is 4.16. The molecule has 0 aromatic heterocycles. The minimum absolute atomic E-state index is 0.0135. The van der Waals surface area contributed by atoms with Crippen LogP contribution in [-0.2, 0) is 16.4 Å². The number of hydrogen-bond donors (Lipinski definition) is 1. The molecule has 0 saturated heterocycles. The Morgan fingerprint density at radius 2 is 1.71 bits per heavy atom. The maximum absolute atomic E-state index is 13.4. The van der Waals surface area contributed by atoms with Crippen LogP contribution in [-0.4, -0.2) is 20.4 Å². The summed E-state index contributed by atoms with van der Waals surface area (Å²) in [5.74, 6) is -0.194. The maximum atomic E-state index is 13.4. The third kappa shape index (κ3) is 3.95. The van der Waals surface area contributed by atoms with E-state index in [1.807, 2.05) is 57.2 Å². The summed E-state index contributed by atoms with van der Waals surface area (Å²) in [7, 11) is -3.85. The number of carbonyl (C=O) groups excluding carboxylic acids is 1. The highest BCUT2D eigenvalue weighted by Crippen LogP contribution is 2.33. The molecule has 6 heteroatoms. The molecule has 1 heterocycles. The van der Waals surface area contributed by atoms with E-state index in [0.717, 1.165) is 28.8 Å². The molecule has 160 valence electrons. The molecule has 1 amide bonds. The summed E-state index contributed by atoms with van der Waals surface area (Å²) >= 11 is 0. The number of hydrogen-bond acceptors (Lipinski definition) is 3. The van der Waals surface area contributed by atoms with Crippen LogP contribution >= 0.6 is 0 Å². The van der Waals surface area contributed by atoms with Crippen LogP contribution in [0, 0.1) is 20.8 Å². The zero-order valence-corrected chi connectivity index (χ0v) is 19.0. The zero-order chi connectivity index (χ0) is 22.3. The van der Waals surface area contributed by atoms with Crippen molar-refractivity contribution < 1.29 is 13.2 Å². The fourth-order valence-corrected chi connectivity index (χ4v) is 5.57. The Hall–Kier alpha value is -3.12. The first kappa shape index (κ1) is 21.1. The van der Waals surface area contributed by atoms with E-state index in [0.29, 0.717) is 16.8 Å². The quantitative estimate of drug-likeness (QED) is 0.628. The van der Waals surface area contributed by atoms with Gasteiger partial charge in [0.15, 0.2) is 0 Å². The number of amides is 1. The van der Waals surface area contributed by atoms with Crippen molar-refractivity contribution in [3.63, 3.8) is 0 Å². The minimum Gasteiger partial charge on any atom is -0.305 e. The van der Waals surface area contributed by atoms with E-state index in [4.69, 9.17) is 0 Å². The molecule has 1 aliphatic rings. The summed E-state index contributed by atoms with van der Waals surface area (Å²) in [6.45, 7) is 7.57. The normalized spacial score (nSPS) is 15.6. The summed E-state index contributed by atoms with van der Waals surface area (Å²) in [5.41, 5.74) is 5.39. The number of nitrogens with one attached hydrogen (secondary N) is 1. The summed E-state index contributed by atoms with van der Waals surface area (Å²) < 4.78 is 29.0. The molecule has 0 saturated carbocycles. The SMILES string of the molecule is Cc1ccc(NS(=O)(=O)c2cc(C(=O)N3c4ccccc4CC3C)ccc2C)c(C)c1. The molecule has 5 nitrogen and oxygen atoms in total. The van der Waals surface area contributed by atoms with Crippen LogP contribution in [0.3, 0.4) is 0 Å². The van der Waals surface area contributed by atoms with Gasteiger partial charge in [0.2, 0.25) is 0 Å². The number of sulfonamides is 1. The van der Waals surface area contributed by atoms with E-state index >= 15 is 0 Å². The first-order valence-corrected chi connectivity index (χ1v) is 11.8. The van der Waals surface area contributed by atoms with E-state index in [9.17, 15) is 13.2 Å². The number of benzene rings is 3. The van der Waals surface area contributed by atoms with Crippen LogP contribution in [0.15, 0.2) is 65.6 Å². The topological polar surface area (TPSA) is 66.5 Å². The van der Waals surface area contributed by atoms with Crippen molar-refractivity contribution >= 4 is 27.3 Å². The number of para-hydroxylation sites is 1. The highest BCUT2D eigenvalue weighted by Gasteiger charge is 2.32. The molecular formula is C25H26N2O3S. The molecule has 0 spiro atoms. The molecule has 1 unspecified atom stereocenters. The Balaban J connectivity index is 1.69. The zero-order valence-electron chi connectivity index (χ0n) is 18.1. The summed E-state index contributed by atoms with van der Waals surface area (Å²) in [5, 5.41) is 0. The van der Waals surface area contributed by atoms with Crippen LogP contribution in [0.1, 0.15) is 39.5 Å². The average molecular weight is 435 g/mol. The Bertz CT molecular complexity index is 1280. The standard InChI is InChI=1S/C25H26N2O3S/c1-16-9-12-22(18(3)13-16)26-31(29,30)24-15-21(11-10-17(24)2)25(28)27-19(4)14-20-7-5-6-8-23(20)27/h5-13,15,19,26H,14H2,1-4H3. The van der Waals surface area contributed by atoms with Gasteiger partial charge in [-0.2, -0.15) is 0 Å². The lowest BCUT2D eigenvalue weighted by atomic mass is 10.1. The molecule has 1 atom stereocenters. The van der Waals surface area contributed by atoms with E-state index in [2.05, 4.69) is 4.72 Å². The largest absolute Gasteiger partial charge is 0.305 e. The van der Waals surface area contributed by atoms with Gasteiger partial charge >= 0.3 is 0 Å². The van der Waals surface area contributed by atoms with E-state index < -0.39 is 10.0 Å². The van der Waals surface area contributed by atoms with Crippen molar-refractivity contribution in [2.75, 3.05) is 9.62 Å². The van der Waals surface area contributed by atoms with E-state index in [-0.39, 0.29) is 16.8 Å². The number of aryl methyl sites for hydroxylation is 3. The molecule has 1 aliphatic heterocycles. The predicted molar refractivity (Wildman–Crippen MR) is 124 cm³/mol. The first-order valence-electron chi connectivity index (χ1n) is 10.3. The lowest BCUT2D eigenvalue weighted by Gasteiger charge is -2.23. The van der Waals surface area contributed by atoms with Gasteiger partial charge in [0.1, 0.15) is 0 Å². The van der Waals surface area contributed by atoms with Gasteiger partial charge < -0.3 is 4.90 Å². The number of fused-ring (bicyclic) bond motifs is 1. The van der Waals surface area contributed by atoms with Gasteiger partial charge in [-0.25, -0.2) is 8.42 Å². The highest BCUT2D eigenvalue weighted by atomic mass is 32.2. The molecule has 4 rings (SSSR count).